The lowest BCUT2D eigenvalue weighted by molar-refractivity contribution is 1.30. The van der Waals surface area contributed by atoms with E-state index < -0.39 is 0 Å². The number of nitrogens with zero attached hydrogens (tertiary/aromatic N) is 1. The molecule has 1 aromatic heterocycles. The zero-order chi connectivity index (χ0) is 6.85. The Kier molecular flexibility index (Phi) is 2.55. The van der Waals surface area contributed by atoms with E-state index in [1.807, 2.05) is 0 Å². The van der Waals surface area contributed by atoms with Crippen molar-refractivity contribution in [3.63, 3.8) is 0 Å². The number of halogens is 3. The predicted molar refractivity (Wildman–Crippen MR) is 45.8 cm³/mol. The SMILES string of the molecule is Clc1n[c]cc(I)c1Cl. The molecule has 1 nitrogen and oxygen atoms in total. The summed E-state index contributed by atoms with van der Waals surface area (Å²) in [5, 5.41) is 0.805. The molecule has 1 rings (SSSR count). The van der Waals surface area contributed by atoms with E-state index in [9.17, 15) is 0 Å². The highest BCUT2D eigenvalue weighted by atomic mass is 127. The van der Waals surface area contributed by atoms with Crippen molar-refractivity contribution >= 4 is 45.8 Å². The maximum atomic E-state index is 5.66. The Morgan fingerprint density at radius 1 is 1.56 bits per heavy atom. The van der Waals surface area contributed by atoms with E-state index in [4.69, 9.17) is 23.2 Å². The number of pyridine rings is 1. The molecule has 9 heavy (non-hydrogen) atoms. The van der Waals surface area contributed by atoms with Gasteiger partial charge in [-0.1, -0.05) is 23.2 Å². The van der Waals surface area contributed by atoms with Crippen molar-refractivity contribution in [1.82, 2.24) is 4.98 Å². The first-order valence-electron chi connectivity index (χ1n) is 2.09. The topological polar surface area (TPSA) is 12.9 Å². The van der Waals surface area contributed by atoms with Crippen LogP contribution in [0.5, 0.6) is 0 Å². The van der Waals surface area contributed by atoms with Crippen LogP contribution in [0.2, 0.25) is 10.2 Å². The van der Waals surface area contributed by atoms with E-state index in [-0.39, 0.29) is 0 Å². The van der Waals surface area contributed by atoms with Crippen molar-refractivity contribution in [1.29, 1.82) is 0 Å². The third-order valence-electron chi connectivity index (χ3n) is 0.745. The second kappa shape index (κ2) is 3.03. The van der Waals surface area contributed by atoms with Crippen molar-refractivity contribution in [2.24, 2.45) is 0 Å². The van der Waals surface area contributed by atoms with Gasteiger partial charge in [-0.3, -0.25) is 0 Å². The van der Waals surface area contributed by atoms with Gasteiger partial charge in [-0.05, 0) is 28.7 Å². The van der Waals surface area contributed by atoms with Crippen LogP contribution >= 0.6 is 45.8 Å². The van der Waals surface area contributed by atoms with Gasteiger partial charge in [0.1, 0.15) is 5.15 Å². The van der Waals surface area contributed by atoms with Gasteiger partial charge in [-0.2, -0.15) is 0 Å². The molecule has 1 aromatic rings. The second-order valence-electron chi connectivity index (χ2n) is 1.34. The Labute approximate surface area is 76.5 Å². The molecule has 0 unspecified atom stereocenters. The Morgan fingerprint density at radius 2 is 2.22 bits per heavy atom. The first-order chi connectivity index (χ1) is 4.22. The minimum atomic E-state index is 0.309. The summed E-state index contributed by atoms with van der Waals surface area (Å²) in [5.41, 5.74) is 0. The molecule has 0 fully saturated rings. The Bertz CT molecular complexity index is 206. The van der Waals surface area contributed by atoms with Gasteiger partial charge in [0, 0.05) is 3.57 Å². The van der Waals surface area contributed by atoms with Crippen LogP contribution in [0, 0.1) is 9.77 Å². The van der Waals surface area contributed by atoms with Crippen LogP contribution in [-0.2, 0) is 0 Å². The van der Waals surface area contributed by atoms with Crippen molar-refractivity contribution in [3.05, 3.63) is 26.0 Å². The minimum absolute atomic E-state index is 0.309. The standard InChI is InChI=1S/C5HCl2IN/c6-4-3(8)1-2-9-5(4)7/h1H. The molecule has 0 aliphatic heterocycles. The van der Waals surface area contributed by atoms with Crippen molar-refractivity contribution in [2.45, 2.75) is 0 Å². The molecule has 0 N–H and O–H groups in total. The number of hydrogen-bond donors (Lipinski definition) is 0. The molecule has 0 saturated carbocycles. The Morgan fingerprint density at radius 3 is 2.67 bits per heavy atom. The zero-order valence-corrected chi connectivity index (χ0v) is 7.83. The lowest BCUT2D eigenvalue weighted by Crippen LogP contribution is -1.78. The lowest BCUT2D eigenvalue weighted by atomic mass is 10.5. The summed E-state index contributed by atoms with van der Waals surface area (Å²) in [6, 6.07) is 1.68. The summed E-state index contributed by atoms with van der Waals surface area (Å²) in [4.78, 5) is 3.64. The van der Waals surface area contributed by atoms with Gasteiger partial charge in [0.15, 0.2) is 0 Å². The molecule has 1 radical (unpaired) electrons. The largest absolute Gasteiger partial charge is 0.233 e. The highest BCUT2D eigenvalue weighted by Crippen LogP contribution is 2.23. The van der Waals surface area contributed by atoms with Crippen LogP contribution in [-0.4, -0.2) is 4.98 Å². The first kappa shape index (κ1) is 7.57. The van der Waals surface area contributed by atoms with E-state index in [0.717, 1.165) is 3.57 Å². The Balaban J connectivity index is 3.25. The number of aromatic nitrogens is 1. The van der Waals surface area contributed by atoms with Gasteiger partial charge < -0.3 is 0 Å². The molecule has 0 spiro atoms. The highest BCUT2D eigenvalue weighted by Gasteiger charge is 2.00. The first-order valence-corrected chi connectivity index (χ1v) is 3.93. The van der Waals surface area contributed by atoms with Crippen LogP contribution in [0.3, 0.4) is 0 Å². The van der Waals surface area contributed by atoms with Gasteiger partial charge in [0.05, 0.1) is 11.2 Å². The van der Waals surface area contributed by atoms with Crippen molar-refractivity contribution in [2.75, 3.05) is 0 Å². The maximum Gasteiger partial charge on any atom is 0.149 e. The van der Waals surface area contributed by atoms with Crippen molar-refractivity contribution in [3.8, 4) is 0 Å². The summed E-state index contributed by atoms with van der Waals surface area (Å²) in [6.45, 7) is 0. The zero-order valence-electron chi connectivity index (χ0n) is 4.16. The summed E-state index contributed by atoms with van der Waals surface area (Å²) >= 11 is 13.3. The average molecular weight is 273 g/mol. The fourth-order valence-electron chi connectivity index (χ4n) is 0.357. The molecule has 47 valence electrons. The maximum absolute atomic E-state index is 5.66. The predicted octanol–water partition coefficient (Wildman–Crippen LogP) is 2.79. The molecule has 0 aromatic carbocycles. The summed E-state index contributed by atoms with van der Waals surface area (Å²) in [5.74, 6) is 0. The third-order valence-corrected chi connectivity index (χ3v) is 2.67. The minimum Gasteiger partial charge on any atom is -0.233 e. The molecule has 0 saturated heterocycles. The van der Waals surface area contributed by atoms with Crippen LogP contribution in [0.1, 0.15) is 0 Å². The molecule has 0 bridgehead atoms. The van der Waals surface area contributed by atoms with Gasteiger partial charge in [0.25, 0.3) is 0 Å². The average Bonchev–Trinajstić information content (AvgIpc) is 1.83. The van der Waals surface area contributed by atoms with Crippen LogP contribution < -0.4 is 0 Å². The highest BCUT2D eigenvalue weighted by molar-refractivity contribution is 14.1. The molecule has 0 aliphatic rings. The molecule has 0 amide bonds. The fraction of sp³-hybridized carbons (Fsp3) is 0. The summed E-state index contributed by atoms with van der Waals surface area (Å²) in [6.07, 6.45) is 2.60. The number of hydrogen-bond acceptors (Lipinski definition) is 1. The monoisotopic (exact) mass is 272 g/mol. The van der Waals surface area contributed by atoms with Gasteiger partial charge in [-0.25, -0.2) is 4.98 Å². The Hall–Kier alpha value is 0.460. The molecule has 4 heteroatoms. The summed E-state index contributed by atoms with van der Waals surface area (Å²) in [7, 11) is 0. The summed E-state index contributed by atoms with van der Waals surface area (Å²) < 4.78 is 0.870. The van der Waals surface area contributed by atoms with Crippen LogP contribution in [0.25, 0.3) is 0 Å². The van der Waals surface area contributed by atoms with E-state index in [2.05, 4.69) is 33.8 Å². The lowest BCUT2D eigenvalue weighted by Gasteiger charge is -1.93. The van der Waals surface area contributed by atoms with Crippen LogP contribution in [0.15, 0.2) is 6.07 Å². The van der Waals surface area contributed by atoms with Gasteiger partial charge in [0.2, 0.25) is 0 Å². The van der Waals surface area contributed by atoms with Crippen LogP contribution in [0.4, 0.5) is 0 Å². The van der Waals surface area contributed by atoms with Gasteiger partial charge >= 0.3 is 0 Å². The third kappa shape index (κ3) is 1.69. The molecule has 0 aliphatic carbocycles. The van der Waals surface area contributed by atoms with E-state index >= 15 is 0 Å². The van der Waals surface area contributed by atoms with E-state index in [1.165, 1.54) is 0 Å². The normalized spacial score (nSPS) is 9.67. The smallest absolute Gasteiger partial charge is 0.149 e. The molecule has 1 heterocycles. The number of rotatable bonds is 0. The molecule has 0 atom stereocenters. The molecular formula is C5HCl2IN. The fourth-order valence-corrected chi connectivity index (χ4v) is 1.16. The van der Waals surface area contributed by atoms with Crippen molar-refractivity contribution < 1.29 is 0 Å². The molecular weight excluding hydrogens is 272 g/mol. The van der Waals surface area contributed by atoms with E-state index in [1.54, 1.807) is 6.07 Å². The second-order valence-corrected chi connectivity index (χ2v) is 3.24. The quantitative estimate of drug-likeness (QED) is 0.523. The van der Waals surface area contributed by atoms with E-state index in [0.29, 0.717) is 10.2 Å². The van der Waals surface area contributed by atoms with Gasteiger partial charge in [-0.15, -0.1) is 0 Å².